The smallest absolute Gasteiger partial charge is 0.222 e. The zero-order valence-corrected chi connectivity index (χ0v) is 13.6. The first-order valence-corrected chi connectivity index (χ1v) is 7.99. The van der Waals surface area contributed by atoms with E-state index in [9.17, 15) is 9.18 Å². The minimum Gasteiger partial charge on any atom is -0.338 e. The van der Waals surface area contributed by atoms with Crippen LogP contribution in [0.15, 0.2) is 22.7 Å². The second-order valence-electron chi connectivity index (χ2n) is 5.86. The average Bonchev–Trinajstić information content (AvgIpc) is 2.58. The molecule has 2 nitrogen and oxygen atoms in total. The largest absolute Gasteiger partial charge is 0.338 e. The van der Waals surface area contributed by atoms with Crippen molar-refractivity contribution < 1.29 is 9.18 Å². The molecule has 0 N–H and O–H groups in total. The first-order valence-electron chi connectivity index (χ1n) is 7.19. The predicted molar refractivity (Wildman–Crippen MR) is 81.7 cm³/mol. The summed E-state index contributed by atoms with van der Waals surface area (Å²) in [6.45, 7) is 5.69. The van der Waals surface area contributed by atoms with Gasteiger partial charge in [0.05, 0.1) is 4.47 Å². The summed E-state index contributed by atoms with van der Waals surface area (Å²) in [5.41, 5.74) is 0.835. The van der Waals surface area contributed by atoms with Crippen molar-refractivity contribution >= 4 is 21.8 Å². The van der Waals surface area contributed by atoms with Gasteiger partial charge in [0, 0.05) is 19.5 Å². The van der Waals surface area contributed by atoms with Crippen LogP contribution < -0.4 is 0 Å². The number of halogens is 2. The lowest BCUT2D eigenvalue weighted by Gasteiger charge is -2.22. The second-order valence-corrected chi connectivity index (χ2v) is 6.65. The van der Waals surface area contributed by atoms with E-state index in [1.165, 1.54) is 6.07 Å². The molecular weight excluding hydrogens is 321 g/mol. The molecule has 1 heterocycles. The zero-order valence-electron chi connectivity index (χ0n) is 12.0. The van der Waals surface area contributed by atoms with Crippen molar-refractivity contribution in [2.75, 3.05) is 6.54 Å². The number of nitrogens with zero attached hydrogens (tertiary/aromatic N) is 1. The first kappa shape index (κ1) is 15.5. The maximum atomic E-state index is 13.5. The highest BCUT2D eigenvalue weighted by atomic mass is 79.9. The highest BCUT2D eigenvalue weighted by Crippen LogP contribution is 2.27. The Hall–Kier alpha value is -0.900. The Morgan fingerprint density at radius 1 is 1.40 bits per heavy atom. The molecule has 0 aliphatic carbocycles. The molecule has 1 unspecified atom stereocenters. The van der Waals surface area contributed by atoms with Gasteiger partial charge in [-0.05, 0) is 52.2 Å². The molecule has 1 aliphatic heterocycles. The Labute approximate surface area is 128 Å². The molecule has 110 valence electrons. The molecule has 1 atom stereocenters. The van der Waals surface area contributed by atoms with Gasteiger partial charge >= 0.3 is 0 Å². The summed E-state index contributed by atoms with van der Waals surface area (Å²) >= 11 is 3.27. The van der Waals surface area contributed by atoms with Crippen LogP contribution in [0.3, 0.4) is 0 Å². The van der Waals surface area contributed by atoms with E-state index in [2.05, 4.69) is 29.8 Å². The summed E-state index contributed by atoms with van der Waals surface area (Å²) in [5, 5.41) is 0. The van der Waals surface area contributed by atoms with E-state index in [-0.39, 0.29) is 11.7 Å². The Bertz CT molecular complexity index is 489. The molecule has 0 spiro atoms. The van der Waals surface area contributed by atoms with Crippen molar-refractivity contribution in [3.8, 4) is 0 Å². The normalized spacial score (nSPS) is 20.4. The fraction of sp³-hybridized carbons (Fsp3) is 0.562. The van der Waals surface area contributed by atoms with Gasteiger partial charge in [-0.15, -0.1) is 0 Å². The van der Waals surface area contributed by atoms with Crippen LogP contribution in [0.4, 0.5) is 4.39 Å². The van der Waals surface area contributed by atoms with Gasteiger partial charge in [0.25, 0.3) is 0 Å². The van der Waals surface area contributed by atoms with Gasteiger partial charge in [-0.3, -0.25) is 4.79 Å². The molecule has 20 heavy (non-hydrogen) atoms. The third kappa shape index (κ3) is 3.60. The highest BCUT2D eigenvalue weighted by molar-refractivity contribution is 9.10. The number of rotatable bonds is 3. The first-order chi connectivity index (χ1) is 9.49. The lowest BCUT2D eigenvalue weighted by Crippen LogP contribution is -2.30. The average molecular weight is 342 g/mol. The van der Waals surface area contributed by atoms with Gasteiger partial charge in [0.2, 0.25) is 5.91 Å². The van der Waals surface area contributed by atoms with Gasteiger partial charge in [-0.1, -0.05) is 26.0 Å². The number of likely N-dealkylation sites (tertiary alicyclic amines) is 1. The summed E-state index contributed by atoms with van der Waals surface area (Å²) in [6.07, 6.45) is 2.61. The molecule has 1 fully saturated rings. The standard InChI is InChI=1S/C16H21BrFNO/c1-11(2)12-6-7-15(20)19(9-8-12)10-13-4-3-5-14(18)16(13)17/h3-5,11-12H,6-10H2,1-2H3. The third-order valence-electron chi connectivity index (χ3n) is 4.19. The fourth-order valence-electron chi connectivity index (χ4n) is 2.77. The monoisotopic (exact) mass is 341 g/mol. The van der Waals surface area contributed by atoms with E-state index >= 15 is 0 Å². The van der Waals surface area contributed by atoms with Gasteiger partial charge in [0.15, 0.2) is 0 Å². The summed E-state index contributed by atoms with van der Waals surface area (Å²) in [6, 6.07) is 4.98. The summed E-state index contributed by atoms with van der Waals surface area (Å²) in [7, 11) is 0. The summed E-state index contributed by atoms with van der Waals surface area (Å²) in [5.74, 6) is 1.14. The number of carbonyl (C=O) groups is 1. The summed E-state index contributed by atoms with van der Waals surface area (Å²) in [4.78, 5) is 14.1. The lowest BCUT2D eigenvalue weighted by atomic mass is 9.89. The molecule has 0 bridgehead atoms. The van der Waals surface area contributed by atoms with Crippen molar-refractivity contribution in [3.05, 3.63) is 34.1 Å². The molecule has 0 aromatic heterocycles. The van der Waals surface area contributed by atoms with Crippen molar-refractivity contribution in [1.82, 2.24) is 4.90 Å². The van der Waals surface area contributed by atoms with Crippen LogP contribution in [-0.4, -0.2) is 17.4 Å². The van der Waals surface area contributed by atoms with Crippen LogP contribution in [0, 0.1) is 17.7 Å². The van der Waals surface area contributed by atoms with Gasteiger partial charge < -0.3 is 4.90 Å². The molecule has 0 saturated carbocycles. The fourth-order valence-corrected chi connectivity index (χ4v) is 3.16. The molecule has 1 aromatic carbocycles. The number of hydrogen-bond acceptors (Lipinski definition) is 1. The van der Waals surface area contributed by atoms with E-state index in [0.717, 1.165) is 24.9 Å². The quantitative estimate of drug-likeness (QED) is 0.799. The van der Waals surface area contributed by atoms with Crippen LogP contribution in [0.2, 0.25) is 0 Å². The van der Waals surface area contributed by atoms with Crippen molar-refractivity contribution in [2.45, 2.75) is 39.7 Å². The van der Waals surface area contributed by atoms with E-state index in [1.54, 1.807) is 6.07 Å². The molecule has 1 aromatic rings. The molecule has 1 amide bonds. The van der Waals surface area contributed by atoms with Crippen LogP contribution in [0.5, 0.6) is 0 Å². The minimum atomic E-state index is -0.273. The minimum absolute atomic E-state index is 0.185. The topological polar surface area (TPSA) is 20.3 Å². The third-order valence-corrected chi connectivity index (χ3v) is 5.08. The molecular formula is C16H21BrFNO. The van der Waals surface area contributed by atoms with E-state index in [0.29, 0.717) is 29.3 Å². The Balaban J connectivity index is 2.08. The van der Waals surface area contributed by atoms with Gasteiger partial charge in [-0.25, -0.2) is 4.39 Å². The summed E-state index contributed by atoms with van der Waals surface area (Å²) < 4.78 is 14.0. The van der Waals surface area contributed by atoms with Crippen LogP contribution >= 0.6 is 15.9 Å². The van der Waals surface area contributed by atoms with Crippen LogP contribution in [0.25, 0.3) is 0 Å². The maximum absolute atomic E-state index is 13.5. The number of carbonyl (C=O) groups excluding carboxylic acids is 1. The van der Waals surface area contributed by atoms with E-state index in [4.69, 9.17) is 0 Å². The molecule has 2 rings (SSSR count). The van der Waals surface area contributed by atoms with Crippen molar-refractivity contribution in [2.24, 2.45) is 11.8 Å². The van der Waals surface area contributed by atoms with E-state index < -0.39 is 0 Å². The number of hydrogen-bond donors (Lipinski definition) is 0. The maximum Gasteiger partial charge on any atom is 0.222 e. The molecule has 1 saturated heterocycles. The van der Waals surface area contributed by atoms with Crippen molar-refractivity contribution in [1.29, 1.82) is 0 Å². The molecule has 0 radical (unpaired) electrons. The zero-order chi connectivity index (χ0) is 14.7. The number of amides is 1. The van der Waals surface area contributed by atoms with Crippen molar-refractivity contribution in [3.63, 3.8) is 0 Å². The highest BCUT2D eigenvalue weighted by Gasteiger charge is 2.24. The van der Waals surface area contributed by atoms with Gasteiger partial charge in [-0.2, -0.15) is 0 Å². The van der Waals surface area contributed by atoms with E-state index in [1.807, 2.05) is 11.0 Å². The SMILES string of the molecule is CC(C)C1CCC(=O)N(Cc2cccc(F)c2Br)CC1. The van der Waals surface area contributed by atoms with Crippen LogP contribution in [0.1, 0.15) is 38.7 Å². The Kier molecular flexibility index (Phi) is 5.19. The Morgan fingerprint density at radius 2 is 2.15 bits per heavy atom. The van der Waals surface area contributed by atoms with Crippen LogP contribution in [-0.2, 0) is 11.3 Å². The molecule has 4 heteroatoms. The molecule has 1 aliphatic rings. The number of benzene rings is 1. The Morgan fingerprint density at radius 3 is 2.85 bits per heavy atom. The lowest BCUT2D eigenvalue weighted by molar-refractivity contribution is -0.131. The predicted octanol–water partition coefficient (Wildman–Crippen LogP) is 4.37. The van der Waals surface area contributed by atoms with Gasteiger partial charge in [0.1, 0.15) is 5.82 Å². The second kappa shape index (κ2) is 6.70.